The Labute approximate surface area is 191 Å². The number of carboxylic acid groups (broad SMARTS) is 1. The standard InChI is InChI=1S/C24H24O8S/c1-12-4-6-17(7-5-12)33(29,30)32-22-18(10-15-9-16(23(26)27)8-13(15)2)21(25)14(3)19-11-31-24(28)20(19)22/h4-7,16,25H,8-11H2,1-3H3,(H,26,27). The number of allylic oxidation sites excluding steroid dienone is 2. The molecule has 1 heterocycles. The highest BCUT2D eigenvalue weighted by molar-refractivity contribution is 7.87. The first-order valence-electron chi connectivity index (χ1n) is 10.5. The first-order valence-corrected chi connectivity index (χ1v) is 11.9. The number of carbonyl (C=O) groups is 2. The van der Waals surface area contributed by atoms with Crippen LogP contribution >= 0.6 is 0 Å². The Morgan fingerprint density at radius 3 is 2.42 bits per heavy atom. The maximum absolute atomic E-state index is 13.1. The smallest absolute Gasteiger partial charge is 0.342 e. The predicted octanol–water partition coefficient (Wildman–Crippen LogP) is 3.80. The summed E-state index contributed by atoms with van der Waals surface area (Å²) in [5, 5.41) is 20.4. The van der Waals surface area contributed by atoms with Gasteiger partial charge in [-0.25, -0.2) is 4.79 Å². The molecule has 0 radical (unpaired) electrons. The molecule has 1 unspecified atom stereocenters. The van der Waals surface area contributed by atoms with Crippen LogP contribution in [0.2, 0.25) is 0 Å². The van der Waals surface area contributed by atoms with Crippen molar-refractivity contribution in [3.8, 4) is 11.5 Å². The summed E-state index contributed by atoms with van der Waals surface area (Å²) in [6, 6.07) is 6.05. The van der Waals surface area contributed by atoms with Gasteiger partial charge in [0.25, 0.3) is 0 Å². The molecule has 0 fully saturated rings. The zero-order valence-corrected chi connectivity index (χ0v) is 19.3. The van der Waals surface area contributed by atoms with Crippen LogP contribution in [0.5, 0.6) is 11.5 Å². The van der Waals surface area contributed by atoms with E-state index in [1.807, 2.05) is 13.8 Å². The Morgan fingerprint density at radius 1 is 1.15 bits per heavy atom. The van der Waals surface area contributed by atoms with Crippen molar-refractivity contribution in [3.05, 3.63) is 63.2 Å². The minimum Gasteiger partial charge on any atom is -0.507 e. The Bertz CT molecular complexity index is 1300. The third-order valence-corrected chi connectivity index (χ3v) is 7.58. The Morgan fingerprint density at radius 2 is 1.82 bits per heavy atom. The minimum absolute atomic E-state index is 0.0259. The summed E-state index contributed by atoms with van der Waals surface area (Å²) in [6.45, 7) is 5.15. The van der Waals surface area contributed by atoms with E-state index in [1.54, 1.807) is 19.1 Å². The van der Waals surface area contributed by atoms with E-state index in [0.717, 1.165) is 16.7 Å². The molecule has 2 aromatic carbocycles. The van der Waals surface area contributed by atoms with E-state index in [9.17, 15) is 28.2 Å². The number of aliphatic carboxylic acids is 1. The number of rotatable bonds is 6. The van der Waals surface area contributed by atoms with E-state index >= 15 is 0 Å². The van der Waals surface area contributed by atoms with Gasteiger partial charge < -0.3 is 19.1 Å². The monoisotopic (exact) mass is 472 g/mol. The molecule has 0 saturated carbocycles. The quantitative estimate of drug-likeness (QED) is 0.369. The molecule has 1 aliphatic heterocycles. The van der Waals surface area contributed by atoms with Gasteiger partial charge in [-0.3, -0.25) is 4.79 Å². The number of esters is 1. The van der Waals surface area contributed by atoms with Crippen LogP contribution in [-0.4, -0.2) is 30.6 Å². The van der Waals surface area contributed by atoms with Gasteiger partial charge in [0.1, 0.15) is 22.8 Å². The van der Waals surface area contributed by atoms with E-state index in [1.165, 1.54) is 12.1 Å². The fourth-order valence-corrected chi connectivity index (χ4v) is 5.31. The molecule has 0 aromatic heterocycles. The van der Waals surface area contributed by atoms with Crippen molar-refractivity contribution >= 4 is 22.1 Å². The highest BCUT2D eigenvalue weighted by atomic mass is 32.2. The molecule has 2 N–H and O–H groups in total. The lowest BCUT2D eigenvalue weighted by atomic mass is 9.92. The van der Waals surface area contributed by atoms with Crippen LogP contribution in [0.15, 0.2) is 40.3 Å². The molecule has 9 heteroatoms. The summed E-state index contributed by atoms with van der Waals surface area (Å²) < 4.78 is 36.7. The Hall–Kier alpha value is -3.33. The molecule has 0 saturated heterocycles. The Kier molecular flexibility index (Phi) is 5.69. The van der Waals surface area contributed by atoms with Crippen molar-refractivity contribution < 1.29 is 37.1 Å². The number of hydrogen-bond donors (Lipinski definition) is 2. The number of ether oxygens (including phenoxy) is 1. The molecule has 33 heavy (non-hydrogen) atoms. The normalized spacial score (nSPS) is 17.8. The molecule has 0 spiro atoms. The van der Waals surface area contributed by atoms with Crippen LogP contribution in [-0.2, 0) is 32.7 Å². The minimum atomic E-state index is -4.33. The molecular weight excluding hydrogens is 448 g/mol. The van der Waals surface area contributed by atoms with Crippen LogP contribution in [0, 0.1) is 19.8 Å². The summed E-state index contributed by atoms with van der Waals surface area (Å²) in [5.74, 6) is -2.69. The van der Waals surface area contributed by atoms with Gasteiger partial charge in [-0.05, 0) is 51.3 Å². The van der Waals surface area contributed by atoms with Crippen molar-refractivity contribution in [1.29, 1.82) is 0 Å². The molecule has 1 aliphatic carbocycles. The van der Waals surface area contributed by atoms with Gasteiger partial charge in [-0.2, -0.15) is 8.42 Å². The highest BCUT2D eigenvalue weighted by Crippen LogP contribution is 2.45. The van der Waals surface area contributed by atoms with E-state index < -0.39 is 28.0 Å². The molecule has 4 rings (SSSR count). The van der Waals surface area contributed by atoms with Gasteiger partial charge >= 0.3 is 22.1 Å². The van der Waals surface area contributed by atoms with Gasteiger partial charge in [0.15, 0.2) is 5.75 Å². The summed E-state index contributed by atoms with van der Waals surface area (Å²) in [6.07, 6.45) is 0.697. The lowest BCUT2D eigenvalue weighted by Gasteiger charge is -2.18. The van der Waals surface area contributed by atoms with Crippen molar-refractivity contribution in [2.24, 2.45) is 5.92 Å². The maximum atomic E-state index is 13.1. The molecule has 1 atom stereocenters. The number of phenolic OH excluding ortho intramolecular Hbond substituents is 1. The molecular formula is C24H24O8S. The largest absolute Gasteiger partial charge is 0.507 e. The van der Waals surface area contributed by atoms with Crippen LogP contribution in [0.4, 0.5) is 0 Å². The number of aryl methyl sites for hydroxylation is 1. The zero-order chi connectivity index (χ0) is 24.1. The van der Waals surface area contributed by atoms with E-state index in [-0.39, 0.29) is 47.0 Å². The van der Waals surface area contributed by atoms with Gasteiger partial charge in [0.2, 0.25) is 0 Å². The molecule has 8 nitrogen and oxygen atoms in total. The average Bonchev–Trinajstić information content (AvgIpc) is 3.32. The molecule has 2 aromatic rings. The van der Waals surface area contributed by atoms with E-state index in [2.05, 4.69) is 0 Å². The van der Waals surface area contributed by atoms with Gasteiger partial charge in [-0.15, -0.1) is 0 Å². The molecule has 0 bridgehead atoms. The van der Waals surface area contributed by atoms with Gasteiger partial charge in [0.05, 0.1) is 5.92 Å². The third kappa shape index (κ3) is 4.08. The topological polar surface area (TPSA) is 127 Å². The molecule has 2 aliphatic rings. The summed E-state index contributed by atoms with van der Waals surface area (Å²) in [5.41, 5.74) is 3.36. The number of fused-ring (bicyclic) bond motifs is 1. The second-order valence-corrected chi connectivity index (χ2v) is 10.1. The number of carbonyl (C=O) groups excluding carboxylic acids is 1. The van der Waals surface area contributed by atoms with Crippen molar-refractivity contribution in [3.63, 3.8) is 0 Å². The Balaban J connectivity index is 1.84. The number of benzene rings is 2. The van der Waals surface area contributed by atoms with Crippen molar-refractivity contribution in [2.45, 2.75) is 51.5 Å². The first-order chi connectivity index (χ1) is 15.5. The van der Waals surface area contributed by atoms with E-state index in [0.29, 0.717) is 17.5 Å². The van der Waals surface area contributed by atoms with Crippen molar-refractivity contribution in [1.82, 2.24) is 0 Å². The highest BCUT2D eigenvalue weighted by Gasteiger charge is 2.36. The second kappa shape index (κ2) is 8.22. The number of cyclic esters (lactones) is 1. The lowest BCUT2D eigenvalue weighted by Crippen LogP contribution is -2.15. The summed E-state index contributed by atoms with van der Waals surface area (Å²) in [4.78, 5) is 23.9. The number of phenols is 1. The zero-order valence-electron chi connectivity index (χ0n) is 18.5. The first kappa shape index (κ1) is 22.8. The maximum Gasteiger partial charge on any atom is 0.342 e. The fourth-order valence-electron chi connectivity index (χ4n) is 4.35. The van der Waals surface area contributed by atoms with Gasteiger partial charge in [0, 0.05) is 17.5 Å². The predicted molar refractivity (Wildman–Crippen MR) is 118 cm³/mol. The second-order valence-electron chi connectivity index (χ2n) is 8.57. The van der Waals surface area contributed by atoms with Crippen molar-refractivity contribution in [2.75, 3.05) is 0 Å². The van der Waals surface area contributed by atoms with E-state index in [4.69, 9.17) is 8.92 Å². The average molecular weight is 473 g/mol. The van der Waals surface area contributed by atoms with Crippen LogP contribution in [0.1, 0.15) is 52.4 Å². The number of hydrogen-bond acceptors (Lipinski definition) is 7. The van der Waals surface area contributed by atoms with Gasteiger partial charge in [-0.1, -0.05) is 28.8 Å². The number of aromatic hydroxyl groups is 1. The SMILES string of the molecule is CC1=C(Cc2c(O)c(C)c3c(c2OS(=O)(=O)c2ccc(C)cc2)C(=O)OC3)CC(C(=O)O)C1. The lowest BCUT2D eigenvalue weighted by molar-refractivity contribution is -0.141. The number of carboxylic acids is 1. The van der Waals surface area contributed by atoms with Crippen LogP contribution in [0.25, 0.3) is 0 Å². The molecule has 174 valence electrons. The summed E-state index contributed by atoms with van der Waals surface area (Å²) in [7, 11) is -4.33. The third-order valence-electron chi connectivity index (χ3n) is 6.34. The fraction of sp³-hybridized carbons (Fsp3) is 0.333. The van der Waals surface area contributed by atoms with Crippen LogP contribution in [0.3, 0.4) is 0 Å². The molecule has 0 amide bonds. The van der Waals surface area contributed by atoms with Crippen LogP contribution < -0.4 is 4.18 Å². The summed E-state index contributed by atoms with van der Waals surface area (Å²) >= 11 is 0.